The minimum absolute atomic E-state index is 0.0694. The first kappa shape index (κ1) is 32.9. The molecule has 1 aliphatic heterocycles. The fourth-order valence-electron chi connectivity index (χ4n) is 2.59. The van der Waals surface area contributed by atoms with Crippen LogP contribution in [0.15, 0.2) is 48.5 Å². The molecule has 194 valence electrons. The van der Waals surface area contributed by atoms with Gasteiger partial charge in [-0.2, -0.15) is 17.6 Å². The van der Waals surface area contributed by atoms with Crippen LogP contribution < -0.4 is 4.74 Å². The lowest BCUT2D eigenvalue weighted by Gasteiger charge is -2.28. The second-order valence-electron chi connectivity index (χ2n) is 6.69. The van der Waals surface area contributed by atoms with Crippen molar-refractivity contribution in [3.8, 4) is 5.75 Å². The Balaban J connectivity index is 0.000000471. The molecule has 1 unspecified atom stereocenters. The van der Waals surface area contributed by atoms with Crippen LogP contribution in [0.5, 0.6) is 5.75 Å². The van der Waals surface area contributed by atoms with E-state index < -0.39 is 23.6 Å². The third kappa shape index (κ3) is 11.1. The van der Waals surface area contributed by atoms with Crippen LogP contribution in [-0.2, 0) is 20.3 Å². The standard InChI is InChI=1S/C8H10O.C7H6F2O.C6H8F3IO2S.C2H6/c1-9-7-8-5-3-2-4-6-8;1-10-6-4-2-3-5(8)7(6)9;1-4-2-5(11-3-4,12-13-10)6(7,8)9;1-2/h2-6H,7H2,1H3;2-4H,1H3;4H,2-3H2,1H3;1-2H3/t;;4?,5-;/m..1./s1. The quantitative estimate of drug-likeness (QED) is 0.191. The Morgan fingerprint density at radius 2 is 1.68 bits per heavy atom. The van der Waals surface area contributed by atoms with Gasteiger partial charge in [0.15, 0.2) is 11.6 Å². The molecule has 0 N–H and O–H groups in total. The van der Waals surface area contributed by atoms with Crippen LogP contribution in [0.25, 0.3) is 0 Å². The number of methoxy groups -OCH3 is 2. The molecule has 34 heavy (non-hydrogen) atoms. The predicted molar refractivity (Wildman–Crippen MR) is 133 cm³/mol. The summed E-state index contributed by atoms with van der Waals surface area (Å²) in [6.07, 6.45) is -4.59. The number of rotatable bonds is 5. The maximum absolute atomic E-state index is 12.5. The zero-order valence-electron chi connectivity index (χ0n) is 19.6. The summed E-state index contributed by atoms with van der Waals surface area (Å²) in [5, 5.41) is 0. The van der Waals surface area contributed by atoms with Gasteiger partial charge >= 0.3 is 6.18 Å². The number of alkyl halides is 3. The molecular weight excluding hydrogens is 594 g/mol. The third-order valence-corrected chi connectivity index (χ3v) is 4.98. The van der Waals surface area contributed by atoms with E-state index in [9.17, 15) is 22.0 Å². The molecule has 1 aliphatic rings. The first-order valence-corrected chi connectivity index (χ1v) is 13.6. The van der Waals surface area contributed by atoms with Gasteiger partial charge in [-0.3, -0.25) is 4.18 Å². The van der Waals surface area contributed by atoms with E-state index in [0.717, 1.165) is 6.07 Å². The molecule has 2 aromatic carbocycles. The molecule has 0 radical (unpaired) electrons. The van der Waals surface area contributed by atoms with Crippen molar-refractivity contribution in [3.63, 3.8) is 0 Å². The van der Waals surface area contributed by atoms with Crippen LogP contribution in [0.2, 0.25) is 0 Å². The van der Waals surface area contributed by atoms with Gasteiger partial charge in [0.25, 0.3) is 5.79 Å². The lowest BCUT2D eigenvalue weighted by atomic mass is 10.1. The van der Waals surface area contributed by atoms with Gasteiger partial charge in [-0.05, 0) is 23.6 Å². The molecule has 0 saturated carbocycles. The zero-order valence-corrected chi connectivity index (χ0v) is 22.6. The van der Waals surface area contributed by atoms with E-state index in [2.05, 4.69) is 13.7 Å². The van der Waals surface area contributed by atoms with E-state index in [1.165, 1.54) is 24.8 Å². The number of hydrogen-bond acceptors (Lipinski definition) is 5. The molecule has 2 aromatic rings. The maximum atomic E-state index is 12.5. The molecule has 0 aliphatic carbocycles. The normalized spacial score (nSPS) is 19.0. The summed E-state index contributed by atoms with van der Waals surface area (Å²) in [5.41, 5.74) is 1.22. The van der Waals surface area contributed by atoms with Crippen LogP contribution >= 0.6 is 30.4 Å². The average molecular weight is 624 g/mol. The lowest BCUT2D eigenvalue weighted by Crippen LogP contribution is -2.45. The Kier molecular flexibility index (Phi) is 16.7. The molecule has 3 rings (SSSR count). The molecule has 0 aromatic heterocycles. The van der Waals surface area contributed by atoms with Gasteiger partial charge in [-0.25, -0.2) is 4.39 Å². The second kappa shape index (κ2) is 17.3. The molecule has 4 nitrogen and oxygen atoms in total. The molecule has 11 heteroatoms. The molecule has 0 spiro atoms. The fraction of sp³-hybridized carbons (Fsp3) is 0.478. The Morgan fingerprint density at radius 1 is 1.06 bits per heavy atom. The van der Waals surface area contributed by atoms with Gasteiger partial charge in [0.2, 0.25) is 5.82 Å². The van der Waals surface area contributed by atoms with Crippen molar-refractivity contribution in [2.75, 3.05) is 20.8 Å². The molecular formula is C23H30F5IO4S. The molecule has 0 bridgehead atoms. The smallest absolute Gasteiger partial charge is 0.444 e. The minimum atomic E-state index is -4.46. The fourth-order valence-corrected chi connectivity index (χ4v) is 3.77. The Labute approximate surface area is 214 Å². The number of halogens is 6. The van der Waals surface area contributed by atoms with Crippen molar-refractivity contribution < 1.29 is 40.3 Å². The van der Waals surface area contributed by atoms with E-state index in [1.807, 2.05) is 44.2 Å². The number of ether oxygens (including phenoxy) is 3. The zero-order chi connectivity index (χ0) is 26.2. The molecule has 1 saturated heterocycles. The van der Waals surface area contributed by atoms with E-state index >= 15 is 0 Å². The topological polar surface area (TPSA) is 36.9 Å². The largest absolute Gasteiger partial charge is 0.494 e. The Morgan fingerprint density at radius 3 is 2.09 bits per heavy atom. The van der Waals surface area contributed by atoms with Gasteiger partial charge < -0.3 is 14.2 Å². The summed E-state index contributed by atoms with van der Waals surface area (Å²) >= 11 is 1.65. The van der Waals surface area contributed by atoms with Crippen molar-refractivity contribution in [2.24, 2.45) is 5.92 Å². The van der Waals surface area contributed by atoms with E-state index in [0.29, 0.717) is 15.8 Å². The van der Waals surface area contributed by atoms with Crippen LogP contribution in [0, 0.1) is 17.6 Å². The summed E-state index contributed by atoms with van der Waals surface area (Å²) in [7, 11) is 3.64. The van der Waals surface area contributed by atoms with Crippen molar-refractivity contribution in [3.05, 3.63) is 65.7 Å². The van der Waals surface area contributed by atoms with Crippen molar-refractivity contribution in [2.45, 2.75) is 45.8 Å². The monoisotopic (exact) mass is 624 g/mol. The number of hydrogen-bond donors (Lipinski definition) is 0. The molecule has 1 fully saturated rings. The highest BCUT2D eigenvalue weighted by atomic mass is 127. The third-order valence-electron chi connectivity index (χ3n) is 4.11. The summed E-state index contributed by atoms with van der Waals surface area (Å²) in [6.45, 7) is 6.51. The van der Waals surface area contributed by atoms with E-state index in [1.54, 1.807) is 35.2 Å². The first-order chi connectivity index (χ1) is 16.1. The summed E-state index contributed by atoms with van der Waals surface area (Å²) < 4.78 is 81.0. The molecule has 0 amide bonds. The van der Waals surface area contributed by atoms with Crippen LogP contribution in [0.1, 0.15) is 32.8 Å². The summed E-state index contributed by atoms with van der Waals surface area (Å²) in [6, 6.07) is 13.9. The van der Waals surface area contributed by atoms with Crippen LogP contribution in [-0.4, -0.2) is 32.8 Å². The van der Waals surface area contributed by atoms with Crippen LogP contribution in [0.4, 0.5) is 22.0 Å². The molecule has 1 heterocycles. The Hall–Kier alpha value is -1.15. The highest BCUT2D eigenvalue weighted by molar-refractivity contribution is 14.2. The van der Waals surface area contributed by atoms with Gasteiger partial charge in [0.1, 0.15) is 0 Å². The first-order valence-electron chi connectivity index (χ1n) is 10.3. The van der Waals surface area contributed by atoms with Gasteiger partial charge in [0, 0.05) is 34.7 Å². The lowest BCUT2D eigenvalue weighted by molar-refractivity contribution is -0.331. The highest BCUT2D eigenvalue weighted by Gasteiger charge is 2.61. The van der Waals surface area contributed by atoms with Crippen molar-refractivity contribution in [1.29, 1.82) is 0 Å². The minimum Gasteiger partial charge on any atom is -0.494 e. The van der Waals surface area contributed by atoms with E-state index in [-0.39, 0.29) is 24.7 Å². The van der Waals surface area contributed by atoms with Gasteiger partial charge in [0.05, 0.1) is 29.5 Å². The second-order valence-corrected chi connectivity index (χ2v) is 8.06. The summed E-state index contributed by atoms with van der Waals surface area (Å²) in [5.74, 6) is -4.41. The van der Waals surface area contributed by atoms with Crippen molar-refractivity contribution in [1.82, 2.24) is 0 Å². The van der Waals surface area contributed by atoms with Gasteiger partial charge in [-0.15, -0.1) is 0 Å². The van der Waals surface area contributed by atoms with Crippen molar-refractivity contribution >= 4 is 30.4 Å². The average Bonchev–Trinajstić information content (AvgIpc) is 3.21. The van der Waals surface area contributed by atoms with Gasteiger partial charge in [-0.1, -0.05) is 57.2 Å². The maximum Gasteiger partial charge on any atom is 0.444 e. The van der Waals surface area contributed by atoms with E-state index in [4.69, 9.17) is 4.74 Å². The number of benzene rings is 2. The van der Waals surface area contributed by atoms with Crippen LogP contribution in [0.3, 0.4) is 0 Å². The molecule has 2 atom stereocenters. The SMILES string of the molecule is CC.CC1CO[C@](OSI)(C(F)(F)F)C1.COCc1ccccc1.COc1cccc(F)c1F. The summed E-state index contributed by atoms with van der Waals surface area (Å²) in [4.78, 5) is 0. The highest BCUT2D eigenvalue weighted by Crippen LogP contribution is 2.46. The predicted octanol–water partition coefficient (Wildman–Crippen LogP) is 8.15. The Bertz CT molecular complexity index is 795.